The molecule has 4 heterocycles. The second-order valence-electron chi connectivity index (χ2n) is 5.30. The minimum Gasteiger partial charge on any atom is -0.463 e. The van der Waals surface area contributed by atoms with Crippen molar-refractivity contribution in [2.24, 2.45) is 4.99 Å². The normalized spacial score (nSPS) is 15.9. The second kappa shape index (κ2) is 5.59. The van der Waals surface area contributed by atoms with Gasteiger partial charge < -0.3 is 9.32 Å². The van der Waals surface area contributed by atoms with Crippen LogP contribution in [-0.4, -0.2) is 39.5 Å². The fraction of sp³-hybridized carbons (Fsp3) is 0.333. The number of fused-ring (bicyclic) bond motifs is 1. The van der Waals surface area contributed by atoms with E-state index in [0.717, 1.165) is 18.5 Å². The van der Waals surface area contributed by atoms with Gasteiger partial charge in [-0.15, -0.1) is 0 Å². The Hall–Kier alpha value is -2.70. The van der Waals surface area contributed by atoms with E-state index >= 15 is 0 Å². The molecule has 1 N–H and O–H groups in total. The highest BCUT2D eigenvalue weighted by Crippen LogP contribution is 2.25. The molecule has 4 rings (SSSR count). The summed E-state index contributed by atoms with van der Waals surface area (Å²) in [5.41, 5.74) is 0.710. The van der Waals surface area contributed by atoms with Crippen LogP contribution in [0, 0.1) is 0 Å². The lowest BCUT2D eigenvalue weighted by Gasteiger charge is -2.26. The number of furan rings is 1. The zero-order valence-electron chi connectivity index (χ0n) is 12.1. The molecule has 0 spiro atoms. The summed E-state index contributed by atoms with van der Waals surface area (Å²) in [6.07, 6.45) is 8.60. The standard InChI is InChI=1S/C15H16N6O/c1-2-6-21(7-3-1)15-18-13(12-10-17-20-14(12)19-15)16-9-11-5-4-8-22-11/h4-5,8-10H,1-3,6-7H2,(H,17,18,19,20). The molecule has 0 aromatic carbocycles. The SMILES string of the molecule is C(=Nc1nc(N2CCCCC2)nc2[nH]ncc12)c1ccco1. The zero-order chi connectivity index (χ0) is 14.8. The first-order valence-corrected chi connectivity index (χ1v) is 7.44. The van der Waals surface area contributed by atoms with Gasteiger partial charge in [-0.3, -0.25) is 5.10 Å². The maximum absolute atomic E-state index is 5.27. The number of H-pyrrole nitrogens is 1. The van der Waals surface area contributed by atoms with E-state index in [4.69, 9.17) is 4.42 Å². The number of hydrogen-bond acceptors (Lipinski definition) is 6. The Morgan fingerprint density at radius 3 is 2.95 bits per heavy atom. The summed E-state index contributed by atoms with van der Waals surface area (Å²) >= 11 is 0. The molecule has 3 aromatic heterocycles. The monoisotopic (exact) mass is 296 g/mol. The van der Waals surface area contributed by atoms with Crippen LogP contribution in [0.15, 0.2) is 34.0 Å². The Labute approximate surface area is 127 Å². The quantitative estimate of drug-likeness (QED) is 0.751. The average Bonchev–Trinajstić information content (AvgIpc) is 3.24. The Morgan fingerprint density at radius 2 is 2.14 bits per heavy atom. The average molecular weight is 296 g/mol. The third-order valence-electron chi connectivity index (χ3n) is 3.77. The van der Waals surface area contributed by atoms with Gasteiger partial charge in [-0.1, -0.05) is 0 Å². The highest BCUT2D eigenvalue weighted by atomic mass is 16.3. The second-order valence-corrected chi connectivity index (χ2v) is 5.30. The van der Waals surface area contributed by atoms with Crippen LogP contribution >= 0.6 is 0 Å². The van der Waals surface area contributed by atoms with E-state index in [2.05, 4.69) is 30.1 Å². The predicted octanol–water partition coefficient (Wildman–Crippen LogP) is 2.69. The van der Waals surface area contributed by atoms with E-state index in [1.54, 1.807) is 18.7 Å². The molecule has 0 amide bonds. The van der Waals surface area contributed by atoms with Crippen molar-refractivity contribution in [3.8, 4) is 0 Å². The van der Waals surface area contributed by atoms with Crippen LogP contribution in [0.4, 0.5) is 11.8 Å². The summed E-state index contributed by atoms with van der Waals surface area (Å²) in [4.78, 5) is 15.8. The van der Waals surface area contributed by atoms with Crippen LogP contribution in [0.5, 0.6) is 0 Å². The van der Waals surface area contributed by atoms with Crippen molar-refractivity contribution in [3.05, 3.63) is 30.4 Å². The van der Waals surface area contributed by atoms with Crippen molar-refractivity contribution in [1.29, 1.82) is 0 Å². The van der Waals surface area contributed by atoms with Crippen molar-refractivity contribution in [2.45, 2.75) is 19.3 Å². The van der Waals surface area contributed by atoms with Crippen molar-refractivity contribution < 1.29 is 4.42 Å². The summed E-state index contributed by atoms with van der Waals surface area (Å²) in [7, 11) is 0. The summed E-state index contributed by atoms with van der Waals surface area (Å²) in [5.74, 6) is 2.01. The molecule has 0 bridgehead atoms. The fourth-order valence-corrected chi connectivity index (χ4v) is 2.63. The smallest absolute Gasteiger partial charge is 0.229 e. The van der Waals surface area contributed by atoms with E-state index in [1.165, 1.54) is 19.3 Å². The molecule has 0 saturated carbocycles. The van der Waals surface area contributed by atoms with Gasteiger partial charge in [0, 0.05) is 13.1 Å². The first kappa shape index (κ1) is 13.0. The molecular formula is C15H16N6O. The molecule has 7 heteroatoms. The maximum Gasteiger partial charge on any atom is 0.229 e. The molecule has 1 aliphatic rings. The van der Waals surface area contributed by atoms with Gasteiger partial charge in [-0.05, 0) is 31.4 Å². The molecule has 1 saturated heterocycles. The third-order valence-corrected chi connectivity index (χ3v) is 3.77. The van der Waals surface area contributed by atoms with Crippen molar-refractivity contribution in [1.82, 2.24) is 20.2 Å². The van der Waals surface area contributed by atoms with Gasteiger partial charge >= 0.3 is 0 Å². The van der Waals surface area contributed by atoms with Crippen molar-refractivity contribution >= 4 is 29.0 Å². The lowest BCUT2D eigenvalue weighted by atomic mass is 10.1. The first-order chi connectivity index (χ1) is 10.9. The number of anilines is 1. The fourth-order valence-electron chi connectivity index (χ4n) is 2.63. The molecular weight excluding hydrogens is 280 g/mol. The molecule has 1 aliphatic heterocycles. The van der Waals surface area contributed by atoms with Crippen LogP contribution in [0.3, 0.4) is 0 Å². The minimum atomic E-state index is 0.607. The number of aliphatic imine (C=N–C) groups is 1. The lowest BCUT2D eigenvalue weighted by Crippen LogP contribution is -2.30. The Kier molecular flexibility index (Phi) is 3.30. The van der Waals surface area contributed by atoms with E-state index < -0.39 is 0 Å². The molecule has 7 nitrogen and oxygen atoms in total. The molecule has 0 radical (unpaired) electrons. The molecule has 112 valence electrons. The summed E-state index contributed by atoms with van der Waals surface area (Å²) in [5, 5.41) is 7.77. The van der Waals surface area contributed by atoms with Crippen LogP contribution in [0.2, 0.25) is 0 Å². The number of aromatic nitrogens is 4. The Balaban J connectivity index is 1.73. The highest BCUT2D eigenvalue weighted by Gasteiger charge is 2.16. The van der Waals surface area contributed by atoms with Gasteiger partial charge in [0.05, 0.1) is 24.1 Å². The van der Waals surface area contributed by atoms with Crippen LogP contribution in [0.25, 0.3) is 11.0 Å². The number of nitrogens with zero attached hydrogens (tertiary/aromatic N) is 5. The van der Waals surface area contributed by atoms with Gasteiger partial charge in [0.2, 0.25) is 5.95 Å². The zero-order valence-corrected chi connectivity index (χ0v) is 12.1. The van der Waals surface area contributed by atoms with E-state index in [1.807, 2.05) is 12.1 Å². The number of piperidine rings is 1. The van der Waals surface area contributed by atoms with Crippen molar-refractivity contribution in [2.75, 3.05) is 18.0 Å². The van der Waals surface area contributed by atoms with Gasteiger partial charge in [-0.25, -0.2) is 4.99 Å². The highest BCUT2D eigenvalue weighted by molar-refractivity contribution is 5.89. The van der Waals surface area contributed by atoms with Gasteiger partial charge in [0.25, 0.3) is 0 Å². The van der Waals surface area contributed by atoms with Gasteiger partial charge in [0.15, 0.2) is 11.5 Å². The van der Waals surface area contributed by atoms with Gasteiger partial charge in [-0.2, -0.15) is 15.1 Å². The molecule has 3 aromatic rings. The molecule has 0 unspecified atom stereocenters. The minimum absolute atomic E-state index is 0.607. The van der Waals surface area contributed by atoms with Crippen LogP contribution in [0.1, 0.15) is 25.0 Å². The summed E-state index contributed by atoms with van der Waals surface area (Å²) in [6, 6.07) is 3.68. The number of rotatable bonds is 3. The van der Waals surface area contributed by atoms with E-state index in [0.29, 0.717) is 23.2 Å². The number of nitrogens with one attached hydrogen (secondary N) is 1. The predicted molar refractivity (Wildman–Crippen MR) is 83.7 cm³/mol. The van der Waals surface area contributed by atoms with Crippen LogP contribution < -0.4 is 4.90 Å². The maximum atomic E-state index is 5.27. The molecule has 1 fully saturated rings. The Bertz CT molecular complexity index is 786. The van der Waals surface area contributed by atoms with Crippen molar-refractivity contribution in [3.63, 3.8) is 0 Å². The molecule has 22 heavy (non-hydrogen) atoms. The first-order valence-electron chi connectivity index (χ1n) is 7.44. The number of hydrogen-bond donors (Lipinski definition) is 1. The summed E-state index contributed by atoms with van der Waals surface area (Å²) in [6.45, 7) is 1.97. The third kappa shape index (κ3) is 2.45. The topological polar surface area (TPSA) is 83.2 Å². The summed E-state index contributed by atoms with van der Waals surface area (Å²) < 4.78 is 5.27. The van der Waals surface area contributed by atoms with E-state index in [-0.39, 0.29) is 0 Å². The number of aromatic amines is 1. The van der Waals surface area contributed by atoms with Gasteiger partial charge in [0.1, 0.15) is 5.76 Å². The Morgan fingerprint density at radius 1 is 1.23 bits per heavy atom. The molecule has 0 atom stereocenters. The molecule has 0 aliphatic carbocycles. The van der Waals surface area contributed by atoms with Crippen LogP contribution in [-0.2, 0) is 0 Å². The lowest BCUT2D eigenvalue weighted by molar-refractivity contribution is 0.560. The van der Waals surface area contributed by atoms with E-state index in [9.17, 15) is 0 Å². The largest absolute Gasteiger partial charge is 0.463 e.